The van der Waals surface area contributed by atoms with Gasteiger partial charge in [-0.2, -0.15) is 0 Å². The second kappa shape index (κ2) is 16.4. The summed E-state index contributed by atoms with van der Waals surface area (Å²) in [5.41, 5.74) is 0.356. The molecule has 7 rings (SSSR count). The number of rotatable bonds is 10. The van der Waals surface area contributed by atoms with E-state index in [1.807, 2.05) is 0 Å². The molecule has 2 fully saturated rings. The lowest BCUT2D eigenvalue weighted by Crippen LogP contribution is -2.65. The lowest BCUT2D eigenvalue weighted by molar-refractivity contribution is -0.361. The smallest absolute Gasteiger partial charge is 0.202 e. The Balaban J connectivity index is 1.14. The molecule has 0 amide bonds. The van der Waals surface area contributed by atoms with Gasteiger partial charge < -0.3 is 94.1 Å². The zero-order valence-electron chi connectivity index (χ0n) is 29.9. The quantitative estimate of drug-likeness (QED) is 0.106. The van der Waals surface area contributed by atoms with Gasteiger partial charge in [0.25, 0.3) is 0 Å². The molecule has 0 radical (unpaired) electrons. The summed E-state index contributed by atoms with van der Waals surface area (Å²) in [5, 5.41) is 114. The van der Waals surface area contributed by atoms with Crippen molar-refractivity contribution in [3.63, 3.8) is 0 Å². The number of fused-ring (bicyclic) bond motifs is 2. The zero-order chi connectivity index (χ0) is 40.9. The van der Waals surface area contributed by atoms with Crippen molar-refractivity contribution in [2.45, 2.75) is 85.8 Å². The number of methoxy groups -OCH3 is 1. The molecule has 0 spiro atoms. The Morgan fingerprint density at radius 2 is 1.30 bits per heavy atom. The summed E-state index contributed by atoms with van der Waals surface area (Å²) < 4.78 is 46.5. The summed E-state index contributed by atoms with van der Waals surface area (Å²) in [4.78, 5) is 13.1. The maximum atomic E-state index is 13.1. The number of Topliss-reactive ketones (excluding diaryl/α,β-unsaturated/α-hetero) is 1. The average molecular weight is 807 g/mol. The molecule has 2 saturated heterocycles. The van der Waals surface area contributed by atoms with E-state index >= 15 is 0 Å². The van der Waals surface area contributed by atoms with Crippen LogP contribution in [0.4, 0.5) is 0 Å². The summed E-state index contributed by atoms with van der Waals surface area (Å²) >= 11 is 0. The van der Waals surface area contributed by atoms with Crippen LogP contribution in [0.15, 0.2) is 48.5 Å². The lowest BCUT2D eigenvalue weighted by Gasteiger charge is -2.46. The highest BCUT2D eigenvalue weighted by Crippen LogP contribution is 2.46. The van der Waals surface area contributed by atoms with E-state index in [1.54, 1.807) is 0 Å². The van der Waals surface area contributed by atoms with Crippen LogP contribution < -0.4 is 18.9 Å². The van der Waals surface area contributed by atoms with Gasteiger partial charge in [-0.3, -0.25) is 4.79 Å². The SMILES string of the molecule is COc1cc([C@@H]2Oc3cc([C@H]4Oc5cc(O)cc(O)c5C(=O)[C@@H]4O)ccc3O[C@H]2CO[C@@H]2O[C@H](CO)[C@H](O)[C@H](O[C@H]3O[C@H](CO)[C@@H](O)[C@H](O)[C@H]3O)[C@H]2O)ccc1O. The third-order valence-electron chi connectivity index (χ3n) is 10.2. The highest BCUT2D eigenvalue weighted by atomic mass is 16.7. The van der Waals surface area contributed by atoms with Crippen molar-refractivity contribution < 1.29 is 98.9 Å². The minimum atomic E-state index is -1.88. The van der Waals surface area contributed by atoms with E-state index in [2.05, 4.69) is 0 Å². The lowest BCUT2D eigenvalue weighted by atomic mass is 9.92. The second-order valence-corrected chi connectivity index (χ2v) is 13.9. The number of phenols is 3. The first-order valence-corrected chi connectivity index (χ1v) is 17.7. The molecule has 3 aromatic carbocycles. The summed E-state index contributed by atoms with van der Waals surface area (Å²) in [5.74, 6) is -1.78. The van der Waals surface area contributed by atoms with Crippen molar-refractivity contribution in [2.24, 2.45) is 0 Å². The van der Waals surface area contributed by atoms with Crippen molar-refractivity contribution in [3.8, 4) is 40.2 Å². The number of aliphatic hydroxyl groups excluding tert-OH is 8. The molecule has 310 valence electrons. The highest BCUT2D eigenvalue weighted by Gasteiger charge is 2.51. The number of hydrogen-bond donors (Lipinski definition) is 11. The van der Waals surface area contributed by atoms with Crippen LogP contribution in [0.2, 0.25) is 0 Å². The van der Waals surface area contributed by atoms with Crippen molar-refractivity contribution in [2.75, 3.05) is 26.9 Å². The van der Waals surface area contributed by atoms with Gasteiger partial charge in [0.15, 0.2) is 60.0 Å². The molecule has 0 aliphatic carbocycles. The molecule has 4 aliphatic heterocycles. The van der Waals surface area contributed by atoms with Crippen molar-refractivity contribution in [3.05, 3.63) is 65.2 Å². The molecule has 0 aromatic heterocycles. The third kappa shape index (κ3) is 7.63. The fraction of sp³-hybridized carbons (Fsp3) is 0.486. The van der Waals surface area contributed by atoms with Gasteiger partial charge in [0, 0.05) is 17.7 Å². The Labute approximate surface area is 322 Å². The molecule has 14 atom stereocenters. The molecule has 0 bridgehead atoms. The number of carbonyl (C=O) groups is 1. The number of carbonyl (C=O) groups excluding carboxylic acids is 1. The number of hydrogen-bond acceptors (Lipinski definition) is 20. The zero-order valence-corrected chi connectivity index (χ0v) is 29.9. The minimum Gasteiger partial charge on any atom is -0.508 e. The molecule has 0 unspecified atom stereocenters. The maximum absolute atomic E-state index is 13.1. The van der Waals surface area contributed by atoms with E-state index in [4.69, 9.17) is 37.9 Å². The second-order valence-electron chi connectivity index (χ2n) is 13.9. The summed E-state index contributed by atoms with van der Waals surface area (Å²) in [6, 6.07) is 10.8. The molecule has 20 nitrogen and oxygen atoms in total. The monoisotopic (exact) mass is 806 g/mol. The number of phenolic OH excluding ortho intramolecular Hbond substituents is 3. The predicted molar refractivity (Wildman–Crippen MR) is 185 cm³/mol. The minimum absolute atomic E-state index is 0.0803. The van der Waals surface area contributed by atoms with E-state index < -0.39 is 117 Å². The van der Waals surface area contributed by atoms with Gasteiger partial charge in [0.2, 0.25) is 5.78 Å². The topological polar surface area (TPSA) is 313 Å². The van der Waals surface area contributed by atoms with Crippen LogP contribution in [0.1, 0.15) is 33.7 Å². The predicted octanol–water partition coefficient (Wildman–Crippen LogP) is -1.99. The maximum Gasteiger partial charge on any atom is 0.202 e. The van der Waals surface area contributed by atoms with Crippen LogP contribution in [0.25, 0.3) is 0 Å². The summed E-state index contributed by atoms with van der Waals surface area (Å²) in [7, 11) is 1.34. The number of benzene rings is 3. The summed E-state index contributed by atoms with van der Waals surface area (Å²) in [6.07, 6.45) is -22.0. The Kier molecular flexibility index (Phi) is 11.7. The normalized spacial score (nSPS) is 34.9. The average Bonchev–Trinajstić information content (AvgIpc) is 3.19. The molecule has 20 heteroatoms. The van der Waals surface area contributed by atoms with Gasteiger partial charge in [-0.15, -0.1) is 0 Å². The van der Waals surface area contributed by atoms with Crippen LogP contribution in [-0.2, 0) is 18.9 Å². The van der Waals surface area contributed by atoms with Crippen molar-refractivity contribution in [1.82, 2.24) is 0 Å². The van der Waals surface area contributed by atoms with Gasteiger partial charge in [0.1, 0.15) is 71.6 Å². The Bertz CT molecular complexity index is 1920. The number of ketones is 1. The van der Waals surface area contributed by atoms with Gasteiger partial charge >= 0.3 is 0 Å². The first-order chi connectivity index (χ1) is 27.2. The van der Waals surface area contributed by atoms with Crippen LogP contribution in [0.3, 0.4) is 0 Å². The number of aromatic hydroxyl groups is 3. The Hall–Kier alpha value is -4.55. The van der Waals surface area contributed by atoms with E-state index in [0.29, 0.717) is 5.56 Å². The molecule has 4 heterocycles. The first kappa shape index (κ1) is 40.6. The fourth-order valence-electron chi connectivity index (χ4n) is 7.14. The molecule has 0 saturated carbocycles. The Morgan fingerprint density at radius 3 is 2.02 bits per heavy atom. The van der Waals surface area contributed by atoms with Gasteiger partial charge in [-0.1, -0.05) is 12.1 Å². The fourth-order valence-corrected chi connectivity index (χ4v) is 7.14. The van der Waals surface area contributed by atoms with Gasteiger partial charge in [-0.25, -0.2) is 0 Å². The van der Waals surface area contributed by atoms with Gasteiger partial charge in [-0.05, 0) is 29.8 Å². The van der Waals surface area contributed by atoms with Crippen LogP contribution in [0.5, 0.6) is 40.2 Å². The standard InChI is InChI=1S/C37H42O20/c1-50-19-6-13(2-4-16(19)41)33-24(12-51-36-32(49)35(27(44)23(11-39)55-36)57-37-31(48)29(46)26(43)22(10-38)56-37)52-18-5-3-14(7-20(18)53-33)34-30(47)28(45)25-17(42)8-15(40)9-21(25)54-34/h2-9,22-24,26-27,29-44,46-49H,10-12H2,1H3/t22-,23-,24+,26-,27+,29+,30+,31-,32-,33+,34-,35+,36-,37-/m1/s1. The van der Waals surface area contributed by atoms with E-state index in [0.717, 1.165) is 12.1 Å². The van der Waals surface area contributed by atoms with Crippen LogP contribution >= 0.6 is 0 Å². The van der Waals surface area contributed by atoms with E-state index in [1.165, 1.54) is 43.5 Å². The van der Waals surface area contributed by atoms with Gasteiger partial charge in [0.05, 0.1) is 26.9 Å². The van der Waals surface area contributed by atoms with E-state index in [-0.39, 0.29) is 45.6 Å². The molecular weight excluding hydrogens is 764 g/mol. The number of ether oxygens (including phenoxy) is 8. The van der Waals surface area contributed by atoms with Crippen molar-refractivity contribution in [1.29, 1.82) is 0 Å². The molecule has 57 heavy (non-hydrogen) atoms. The largest absolute Gasteiger partial charge is 0.508 e. The van der Waals surface area contributed by atoms with Crippen molar-refractivity contribution >= 4 is 5.78 Å². The summed E-state index contributed by atoms with van der Waals surface area (Å²) in [6.45, 7) is -1.96. The van der Waals surface area contributed by atoms with Crippen LogP contribution in [-0.4, -0.2) is 163 Å². The number of aliphatic hydroxyl groups is 8. The highest BCUT2D eigenvalue weighted by molar-refractivity contribution is 6.05. The van der Waals surface area contributed by atoms with Crippen LogP contribution in [0, 0.1) is 0 Å². The van der Waals surface area contributed by atoms with E-state index in [9.17, 15) is 61.0 Å². The molecule has 11 N–H and O–H groups in total. The molecule has 3 aromatic rings. The third-order valence-corrected chi connectivity index (χ3v) is 10.2. The Morgan fingerprint density at radius 1 is 0.632 bits per heavy atom. The molecular formula is C37H42O20. The molecule has 4 aliphatic rings. The first-order valence-electron chi connectivity index (χ1n) is 17.7.